The van der Waals surface area contributed by atoms with Crippen molar-refractivity contribution in [2.24, 2.45) is 11.8 Å². The summed E-state index contributed by atoms with van der Waals surface area (Å²) in [6.07, 6.45) is 1.85. The van der Waals surface area contributed by atoms with Crippen LogP contribution in [0.25, 0.3) is 0 Å². The summed E-state index contributed by atoms with van der Waals surface area (Å²) in [6, 6.07) is 0. The smallest absolute Gasteiger partial charge is 0.475 e. The Hall–Kier alpha value is -1.68. The van der Waals surface area contributed by atoms with E-state index in [2.05, 4.69) is 29.1 Å². The standard InChI is InChI=1S/C15H28N4O.C2HF3O2/c1-3-13(4-2)9-18-7-5-14(6-8-18)10-19-11-15(12-20)16-17-19;3-2(4,5)1(6)7/h11,13-14,20H,3-10,12H2,1-2H3;(H,6,7). The summed E-state index contributed by atoms with van der Waals surface area (Å²) in [6.45, 7) is 9.19. The normalized spacial score (nSPS) is 16.3. The molecule has 2 N–H and O–H groups in total. The second-order valence-corrected chi connectivity index (χ2v) is 6.82. The van der Waals surface area contributed by atoms with Crippen LogP contribution in [0.2, 0.25) is 0 Å². The zero-order chi connectivity index (χ0) is 20.4. The molecule has 2 heterocycles. The lowest BCUT2D eigenvalue weighted by atomic mass is 9.95. The molecular weight excluding hydrogens is 365 g/mol. The minimum atomic E-state index is -5.08. The maximum atomic E-state index is 10.6. The molecule has 10 heteroatoms. The number of carbonyl (C=O) groups is 1. The highest BCUT2D eigenvalue weighted by molar-refractivity contribution is 5.73. The van der Waals surface area contributed by atoms with Crippen LogP contribution in [-0.2, 0) is 17.9 Å². The van der Waals surface area contributed by atoms with Crippen molar-refractivity contribution in [2.45, 2.75) is 58.9 Å². The van der Waals surface area contributed by atoms with Gasteiger partial charge >= 0.3 is 12.1 Å². The van der Waals surface area contributed by atoms with Crippen LogP contribution in [0.15, 0.2) is 6.20 Å². The quantitative estimate of drug-likeness (QED) is 0.739. The van der Waals surface area contributed by atoms with E-state index in [1.54, 1.807) is 0 Å². The van der Waals surface area contributed by atoms with Crippen LogP contribution in [0.4, 0.5) is 13.2 Å². The highest BCUT2D eigenvalue weighted by Gasteiger charge is 2.38. The molecule has 156 valence electrons. The number of aliphatic carboxylic acids is 1. The van der Waals surface area contributed by atoms with Gasteiger partial charge in [0.15, 0.2) is 0 Å². The molecule has 1 fully saturated rings. The number of hydrogen-bond acceptors (Lipinski definition) is 5. The predicted molar refractivity (Wildman–Crippen MR) is 92.9 cm³/mol. The molecule has 1 aliphatic rings. The Bertz CT molecular complexity index is 554. The molecule has 0 aromatic carbocycles. The molecule has 7 nitrogen and oxygen atoms in total. The lowest BCUT2D eigenvalue weighted by Crippen LogP contribution is -2.38. The highest BCUT2D eigenvalue weighted by atomic mass is 19.4. The van der Waals surface area contributed by atoms with E-state index in [1.165, 1.54) is 45.3 Å². The van der Waals surface area contributed by atoms with Crippen LogP contribution < -0.4 is 0 Å². The summed E-state index contributed by atoms with van der Waals surface area (Å²) in [4.78, 5) is 11.5. The second-order valence-electron chi connectivity index (χ2n) is 6.82. The molecule has 1 aromatic rings. The molecule has 0 aliphatic carbocycles. The second kappa shape index (κ2) is 11.2. The van der Waals surface area contributed by atoms with Gasteiger partial charge in [-0.3, -0.25) is 4.68 Å². The summed E-state index contributed by atoms with van der Waals surface area (Å²) in [5, 5.41) is 24.1. The van der Waals surface area contributed by atoms with Crippen LogP contribution in [0.3, 0.4) is 0 Å². The van der Waals surface area contributed by atoms with Crippen LogP contribution >= 0.6 is 0 Å². The van der Waals surface area contributed by atoms with Crippen molar-refractivity contribution in [3.63, 3.8) is 0 Å². The van der Waals surface area contributed by atoms with Gasteiger partial charge in [-0.05, 0) is 37.8 Å². The Morgan fingerprint density at radius 1 is 1.30 bits per heavy atom. The van der Waals surface area contributed by atoms with Crippen molar-refractivity contribution in [1.29, 1.82) is 0 Å². The van der Waals surface area contributed by atoms with Crippen molar-refractivity contribution in [3.8, 4) is 0 Å². The minimum Gasteiger partial charge on any atom is -0.475 e. The van der Waals surface area contributed by atoms with Crippen molar-refractivity contribution in [1.82, 2.24) is 19.9 Å². The van der Waals surface area contributed by atoms with Gasteiger partial charge in [-0.15, -0.1) is 5.10 Å². The van der Waals surface area contributed by atoms with Crippen LogP contribution in [-0.4, -0.2) is 61.9 Å². The first-order chi connectivity index (χ1) is 12.7. The van der Waals surface area contributed by atoms with Crippen molar-refractivity contribution in [2.75, 3.05) is 19.6 Å². The molecule has 0 atom stereocenters. The van der Waals surface area contributed by atoms with E-state index < -0.39 is 12.1 Å². The number of halogens is 3. The van der Waals surface area contributed by atoms with Gasteiger partial charge in [-0.2, -0.15) is 13.2 Å². The Morgan fingerprint density at radius 3 is 2.26 bits per heavy atom. The monoisotopic (exact) mass is 394 g/mol. The van der Waals surface area contributed by atoms with E-state index in [4.69, 9.17) is 15.0 Å². The maximum Gasteiger partial charge on any atom is 0.490 e. The summed E-state index contributed by atoms with van der Waals surface area (Å²) in [5.41, 5.74) is 0.663. The zero-order valence-corrected chi connectivity index (χ0v) is 15.8. The van der Waals surface area contributed by atoms with Gasteiger partial charge < -0.3 is 15.1 Å². The largest absolute Gasteiger partial charge is 0.490 e. The number of aliphatic hydroxyl groups excluding tert-OH is 1. The molecule has 0 radical (unpaired) electrons. The number of carboxylic acid groups (broad SMARTS) is 1. The zero-order valence-electron chi connectivity index (χ0n) is 15.8. The first-order valence-corrected chi connectivity index (χ1v) is 9.21. The summed E-state index contributed by atoms with van der Waals surface area (Å²) < 4.78 is 33.6. The Balaban J connectivity index is 0.000000445. The van der Waals surface area contributed by atoms with Gasteiger partial charge in [0.05, 0.1) is 12.8 Å². The molecule has 2 rings (SSSR count). The molecule has 0 bridgehead atoms. The van der Waals surface area contributed by atoms with E-state index in [9.17, 15) is 13.2 Å². The Morgan fingerprint density at radius 2 is 1.85 bits per heavy atom. The third kappa shape index (κ3) is 8.70. The van der Waals surface area contributed by atoms with Crippen molar-refractivity contribution >= 4 is 5.97 Å². The fourth-order valence-corrected chi connectivity index (χ4v) is 3.03. The first kappa shape index (κ1) is 23.4. The third-order valence-electron chi connectivity index (χ3n) is 4.81. The number of rotatable bonds is 7. The SMILES string of the molecule is CCC(CC)CN1CCC(Cn2cc(CO)nn2)CC1.O=C(O)C(F)(F)F. The van der Waals surface area contributed by atoms with E-state index >= 15 is 0 Å². The predicted octanol–water partition coefficient (Wildman–Crippen LogP) is 2.55. The average Bonchev–Trinajstić information content (AvgIpc) is 3.08. The van der Waals surface area contributed by atoms with Crippen molar-refractivity contribution in [3.05, 3.63) is 11.9 Å². The number of hydrogen-bond donors (Lipinski definition) is 2. The average molecular weight is 394 g/mol. The minimum absolute atomic E-state index is 0.0200. The lowest BCUT2D eigenvalue weighted by Gasteiger charge is -2.33. The van der Waals surface area contributed by atoms with Crippen LogP contribution in [0.1, 0.15) is 45.2 Å². The molecule has 0 saturated carbocycles. The molecule has 1 aromatic heterocycles. The molecule has 0 spiro atoms. The number of aliphatic hydroxyl groups is 1. The molecule has 0 amide bonds. The van der Waals surface area contributed by atoms with E-state index in [0.717, 1.165) is 12.5 Å². The third-order valence-corrected chi connectivity index (χ3v) is 4.81. The number of carboxylic acids is 1. The molecule has 1 aliphatic heterocycles. The lowest BCUT2D eigenvalue weighted by molar-refractivity contribution is -0.192. The van der Waals surface area contributed by atoms with E-state index in [1.807, 2.05) is 10.9 Å². The molecule has 27 heavy (non-hydrogen) atoms. The van der Waals surface area contributed by atoms with Gasteiger partial charge in [-0.25, -0.2) is 4.79 Å². The van der Waals surface area contributed by atoms with E-state index in [0.29, 0.717) is 11.6 Å². The molecule has 0 unspecified atom stereocenters. The fourth-order valence-electron chi connectivity index (χ4n) is 3.03. The molecular formula is C17H29F3N4O3. The number of likely N-dealkylation sites (tertiary alicyclic amines) is 1. The number of alkyl halides is 3. The first-order valence-electron chi connectivity index (χ1n) is 9.21. The van der Waals surface area contributed by atoms with Crippen molar-refractivity contribution < 1.29 is 28.2 Å². The Kier molecular flexibility index (Phi) is 9.71. The highest BCUT2D eigenvalue weighted by Crippen LogP contribution is 2.21. The van der Waals surface area contributed by atoms with Gasteiger partial charge in [0, 0.05) is 13.1 Å². The number of nitrogens with zero attached hydrogens (tertiary/aromatic N) is 4. The topological polar surface area (TPSA) is 91.5 Å². The summed E-state index contributed by atoms with van der Waals surface area (Å²) in [7, 11) is 0. The number of aromatic nitrogens is 3. The molecule has 1 saturated heterocycles. The summed E-state index contributed by atoms with van der Waals surface area (Å²) in [5.74, 6) is -1.21. The van der Waals surface area contributed by atoms with Gasteiger partial charge in [0.25, 0.3) is 0 Å². The van der Waals surface area contributed by atoms with Gasteiger partial charge in [-0.1, -0.05) is 31.9 Å². The summed E-state index contributed by atoms with van der Waals surface area (Å²) >= 11 is 0. The van der Waals surface area contributed by atoms with E-state index in [-0.39, 0.29) is 6.61 Å². The van der Waals surface area contributed by atoms with Crippen LogP contribution in [0.5, 0.6) is 0 Å². The van der Waals surface area contributed by atoms with Crippen LogP contribution in [0, 0.1) is 11.8 Å². The number of piperidine rings is 1. The maximum absolute atomic E-state index is 10.6. The fraction of sp³-hybridized carbons (Fsp3) is 0.824. The van der Waals surface area contributed by atoms with Gasteiger partial charge in [0.1, 0.15) is 5.69 Å². The Labute approximate surface area is 157 Å². The van der Waals surface area contributed by atoms with Gasteiger partial charge in [0.2, 0.25) is 0 Å².